The number of para-hydroxylation sites is 1. The summed E-state index contributed by atoms with van der Waals surface area (Å²) in [5.41, 5.74) is 0.695. The fourth-order valence-electron chi connectivity index (χ4n) is 2.87. The molecule has 1 amide bonds. The average Bonchev–Trinajstić information content (AvgIpc) is 3.19. The lowest BCUT2D eigenvalue weighted by Crippen LogP contribution is -2.47. The second-order valence-electron chi connectivity index (χ2n) is 6.42. The van der Waals surface area contributed by atoms with Crippen molar-refractivity contribution in [2.75, 3.05) is 7.11 Å². The highest BCUT2D eigenvalue weighted by atomic mass is 16.5. The van der Waals surface area contributed by atoms with E-state index in [0.29, 0.717) is 29.8 Å². The Morgan fingerprint density at radius 3 is 2.44 bits per heavy atom. The number of amides is 1. The zero-order valence-electron chi connectivity index (χ0n) is 16.2. The van der Waals surface area contributed by atoms with E-state index >= 15 is 0 Å². The number of carbonyl (C=O) groups is 3. The van der Waals surface area contributed by atoms with Gasteiger partial charge in [0.25, 0.3) is 11.8 Å². The number of ether oxygens (including phenoxy) is 1. The molecule has 1 aromatic heterocycles. The van der Waals surface area contributed by atoms with Crippen LogP contribution in [0.3, 0.4) is 0 Å². The Morgan fingerprint density at radius 1 is 1.11 bits per heavy atom. The van der Waals surface area contributed by atoms with Gasteiger partial charge in [0.2, 0.25) is 0 Å². The van der Waals surface area contributed by atoms with Gasteiger partial charge in [-0.3, -0.25) is 19.0 Å². The van der Waals surface area contributed by atoms with Crippen molar-refractivity contribution in [1.29, 1.82) is 0 Å². The normalized spacial score (nSPS) is 12.9. The van der Waals surface area contributed by atoms with Crippen molar-refractivity contribution in [2.24, 2.45) is 5.92 Å². The molecule has 0 radical (unpaired) electrons. The van der Waals surface area contributed by atoms with Crippen LogP contribution in [0.25, 0.3) is 0 Å². The molecule has 0 fully saturated rings. The summed E-state index contributed by atoms with van der Waals surface area (Å²) in [7, 11) is 1.49. The van der Waals surface area contributed by atoms with Crippen LogP contribution in [0.15, 0.2) is 42.6 Å². The third kappa shape index (κ3) is 4.45. The molecule has 0 aliphatic heterocycles. The summed E-state index contributed by atoms with van der Waals surface area (Å²) in [6.07, 6.45) is 2.57. The Balaban J connectivity index is 2.33. The van der Waals surface area contributed by atoms with Crippen LogP contribution >= 0.6 is 0 Å². The van der Waals surface area contributed by atoms with Gasteiger partial charge in [-0.2, -0.15) is 0 Å². The monoisotopic (exact) mass is 370 g/mol. The van der Waals surface area contributed by atoms with Gasteiger partial charge in [0.15, 0.2) is 5.78 Å². The molecule has 2 atom stereocenters. The SMILES string of the molecule is CCC(=O)c1cccn1C(=O)[C@@H](NC(=O)c1ccccc1OC)[C@@H](C)CC. The lowest BCUT2D eigenvalue weighted by Gasteiger charge is -2.24. The number of nitrogens with one attached hydrogen (secondary N) is 1. The van der Waals surface area contributed by atoms with E-state index in [1.807, 2.05) is 13.8 Å². The molecular weight excluding hydrogens is 344 g/mol. The van der Waals surface area contributed by atoms with E-state index in [2.05, 4.69) is 5.32 Å². The molecule has 0 aliphatic carbocycles. The quantitative estimate of drug-likeness (QED) is 0.721. The molecule has 0 saturated heterocycles. The van der Waals surface area contributed by atoms with E-state index in [0.717, 1.165) is 0 Å². The first-order chi connectivity index (χ1) is 12.9. The maximum Gasteiger partial charge on any atom is 0.255 e. The summed E-state index contributed by atoms with van der Waals surface area (Å²) in [5.74, 6) is -0.500. The largest absolute Gasteiger partial charge is 0.496 e. The van der Waals surface area contributed by atoms with E-state index in [4.69, 9.17) is 4.74 Å². The van der Waals surface area contributed by atoms with Gasteiger partial charge in [-0.25, -0.2) is 0 Å². The van der Waals surface area contributed by atoms with Crippen LogP contribution < -0.4 is 10.1 Å². The number of carbonyl (C=O) groups excluding carboxylic acids is 3. The number of aromatic nitrogens is 1. The molecule has 2 aromatic rings. The second-order valence-corrected chi connectivity index (χ2v) is 6.42. The van der Waals surface area contributed by atoms with E-state index < -0.39 is 6.04 Å². The minimum Gasteiger partial charge on any atom is -0.496 e. The fraction of sp³-hybridized carbons (Fsp3) is 0.381. The summed E-state index contributed by atoms with van der Waals surface area (Å²) in [4.78, 5) is 38.0. The lowest BCUT2D eigenvalue weighted by molar-refractivity contribution is 0.0758. The molecule has 1 heterocycles. The zero-order valence-corrected chi connectivity index (χ0v) is 16.2. The topological polar surface area (TPSA) is 77.4 Å². The number of Topliss-reactive ketones (excluding diaryl/α,β-unsaturated/α-hetero) is 1. The van der Waals surface area contributed by atoms with E-state index in [1.54, 1.807) is 49.5 Å². The molecule has 0 spiro atoms. The van der Waals surface area contributed by atoms with Crippen molar-refractivity contribution < 1.29 is 19.1 Å². The number of benzene rings is 1. The van der Waals surface area contributed by atoms with Crippen molar-refractivity contribution in [2.45, 2.75) is 39.7 Å². The van der Waals surface area contributed by atoms with Crippen molar-refractivity contribution >= 4 is 17.6 Å². The predicted molar refractivity (Wildman–Crippen MR) is 103 cm³/mol. The van der Waals surface area contributed by atoms with E-state index in [-0.39, 0.29) is 23.5 Å². The highest BCUT2D eigenvalue weighted by Crippen LogP contribution is 2.19. The first-order valence-electron chi connectivity index (χ1n) is 9.13. The maximum absolute atomic E-state index is 13.1. The average molecular weight is 370 g/mol. The minimum atomic E-state index is -0.761. The Morgan fingerprint density at radius 2 is 1.81 bits per heavy atom. The van der Waals surface area contributed by atoms with E-state index in [1.165, 1.54) is 11.7 Å². The van der Waals surface area contributed by atoms with E-state index in [9.17, 15) is 14.4 Å². The number of rotatable bonds is 8. The first kappa shape index (κ1) is 20.4. The van der Waals surface area contributed by atoms with Crippen LogP contribution in [0.5, 0.6) is 5.75 Å². The molecule has 6 nitrogen and oxygen atoms in total. The van der Waals surface area contributed by atoms with Crippen LogP contribution in [-0.4, -0.2) is 35.3 Å². The highest BCUT2D eigenvalue weighted by Gasteiger charge is 2.29. The van der Waals surface area contributed by atoms with Crippen LogP contribution in [-0.2, 0) is 0 Å². The van der Waals surface area contributed by atoms with Gasteiger partial charge in [-0.1, -0.05) is 39.3 Å². The number of hydrogen-bond donors (Lipinski definition) is 1. The summed E-state index contributed by atoms with van der Waals surface area (Å²) in [6, 6.07) is 9.38. The Hall–Kier alpha value is -2.89. The third-order valence-electron chi connectivity index (χ3n) is 4.71. The molecule has 2 rings (SSSR count). The fourth-order valence-corrected chi connectivity index (χ4v) is 2.87. The minimum absolute atomic E-state index is 0.108. The number of nitrogens with zero attached hydrogens (tertiary/aromatic N) is 1. The van der Waals surface area contributed by atoms with Gasteiger partial charge < -0.3 is 10.1 Å². The molecule has 0 aliphatic rings. The van der Waals surface area contributed by atoms with Crippen LogP contribution in [0.1, 0.15) is 59.3 Å². The van der Waals surface area contributed by atoms with Crippen molar-refractivity contribution in [3.8, 4) is 5.75 Å². The lowest BCUT2D eigenvalue weighted by atomic mass is 9.97. The zero-order chi connectivity index (χ0) is 20.0. The van der Waals surface area contributed by atoms with Crippen LogP contribution in [0, 0.1) is 5.92 Å². The molecule has 0 saturated carbocycles. The van der Waals surface area contributed by atoms with Gasteiger partial charge >= 0.3 is 0 Å². The molecule has 1 aromatic carbocycles. The summed E-state index contributed by atoms with van der Waals surface area (Å²) in [5, 5.41) is 2.83. The summed E-state index contributed by atoms with van der Waals surface area (Å²) < 4.78 is 6.58. The maximum atomic E-state index is 13.1. The Bertz CT molecular complexity index is 825. The molecule has 6 heteroatoms. The third-order valence-corrected chi connectivity index (χ3v) is 4.71. The smallest absolute Gasteiger partial charge is 0.255 e. The van der Waals surface area contributed by atoms with Gasteiger partial charge in [0.05, 0.1) is 18.4 Å². The van der Waals surface area contributed by atoms with Crippen molar-refractivity contribution in [3.05, 3.63) is 53.9 Å². The standard InChI is InChI=1S/C21H26N2O4/c1-5-14(3)19(21(26)23-13-9-11-16(23)17(24)6-2)22-20(25)15-10-7-8-12-18(15)27-4/h7-14,19H,5-6H2,1-4H3,(H,22,25)/t14-,19-/m0/s1. The Labute approximate surface area is 159 Å². The number of methoxy groups -OCH3 is 1. The number of hydrogen-bond acceptors (Lipinski definition) is 4. The van der Waals surface area contributed by atoms with Crippen LogP contribution in [0.4, 0.5) is 0 Å². The molecule has 27 heavy (non-hydrogen) atoms. The van der Waals surface area contributed by atoms with Crippen molar-refractivity contribution in [3.63, 3.8) is 0 Å². The number of ketones is 1. The van der Waals surface area contributed by atoms with Gasteiger partial charge in [0, 0.05) is 12.6 Å². The molecule has 0 bridgehead atoms. The molecule has 144 valence electrons. The van der Waals surface area contributed by atoms with Gasteiger partial charge in [-0.05, 0) is 30.2 Å². The Kier molecular flexibility index (Phi) is 6.93. The highest BCUT2D eigenvalue weighted by molar-refractivity contribution is 6.02. The second kappa shape index (κ2) is 9.16. The van der Waals surface area contributed by atoms with Crippen LogP contribution in [0.2, 0.25) is 0 Å². The molecule has 0 unspecified atom stereocenters. The molecular formula is C21H26N2O4. The first-order valence-corrected chi connectivity index (χ1v) is 9.13. The summed E-state index contributed by atoms with van der Waals surface area (Å²) in [6.45, 7) is 5.60. The van der Waals surface area contributed by atoms with Gasteiger partial charge in [0.1, 0.15) is 11.8 Å². The summed E-state index contributed by atoms with van der Waals surface area (Å²) >= 11 is 0. The molecule has 1 N–H and O–H groups in total. The predicted octanol–water partition coefficient (Wildman–Crippen LogP) is 3.57. The van der Waals surface area contributed by atoms with Crippen molar-refractivity contribution in [1.82, 2.24) is 9.88 Å². The van der Waals surface area contributed by atoms with Gasteiger partial charge in [-0.15, -0.1) is 0 Å².